The average Bonchev–Trinajstić information content (AvgIpc) is 2.94. The molecule has 1 aliphatic heterocycles. The Labute approximate surface area is 115 Å². The Morgan fingerprint density at radius 1 is 1.42 bits per heavy atom. The maximum absolute atomic E-state index is 12.4. The standard InChI is InChI=1S/C16H24N2O/c1-2-3-10-14(17)16(19)18-12-7-11-15(18)13-8-5-4-6-9-13/h4-6,8-9,14-15H,2-3,7,10-12,17H2,1H3. The molecular weight excluding hydrogens is 236 g/mol. The third-order valence-corrected chi connectivity index (χ3v) is 3.91. The Kier molecular flexibility index (Phi) is 4.97. The third kappa shape index (κ3) is 3.35. The number of rotatable bonds is 5. The first-order valence-electron chi connectivity index (χ1n) is 7.35. The van der Waals surface area contributed by atoms with Crippen molar-refractivity contribution >= 4 is 5.91 Å². The highest BCUT2D eigenvalue weighted by molar-refractivity contribution is 5.82. The predicted molar refractivity (Wildman–Crippen MR) is 77.6 cm³/mol. The largest absolute Gasteiger partial charge is 0.334 e. The molecular formula is C16H24N2O. The van der Waals surface area contributed by atoms with Crippen molar-refractivity contribution in [3.63, 3.8) is 0 Å². The summed E-state index contributed by atoms with van der Waals surface area (Å²) in [4.78, 5) is 14.4. The van der Waals surface area contributed by atoms with Gasteiger partial charge in [0.1, 0.15) is 0 Å². The molecule has 3 nitrogen and oxygen atoms in total. The first kappa shape index (κ1) is 14.1. The number of nitrogens with zero attached hydrogens (tertiary/aromatic N) is 1. The van der Waals surface area contributed by atoms with Crippen molar-refractivity contribution in [2.75, 3.05) is 6.54 Å². The summed E-state index contributed by atoms with van der Waals surface area (Å²) in [5.41, 5.74) is 7.26. The normalized spacial score (nSPS) is 20.5. The van der Waals surface area contributed by atoms with Gasteiger partial charge in [0.05, 0.1) is 12.1 Å². The SMILES string of the molecule is CCCCC(N)C(=O)N1CCCC1c1ccccc1. The number of hydrogen-bond acceptors (Lipinski definition) is 2. The number of nitrogens with two attached hydrogens (primary N) is 1. The van der Waals surface area contributed by atoms with E-state index in [1.807, 2.05) is 23.1 Å². The lowest BCUT2D eigenvalue weighted by Gasteiger charge is -2.27. The van der Waals surface area contributed by atoms with E-state index in [1.54, 1.807) is 0 Å². The predicted octanol–water partition coefficient (Wildman–Crippen LogP) is 2.87. The minimum atomic E-state index is -0.329. The van der Waals surface area contributed by atoms with Crippen molar-refractivity contribution in [3.05, 3.63) is 35.9 Å². The van der Waals surface area contributed by atoms with E-state index < -0.39 is 0 Å². The van der Waals surface area contributed by atoms with Crippen molar-refractivity contribution in [1.29, 1.82) is 0 Å². The molecule has 0 saturated carbocycles. The smallest absolute Gasteiger partial charge is 0.239 e. The van der Waals surface area contributed by atoms with Crippen LogP contribution >= 0.6 is 0 Å². The van der Waals surface area contributed by atoms with Gasteiger partial charge in [-0.1, -0.05) is 50.1 Å². The van der Waals surface area contributed by atoms with Crippen LogP contribution in [-0.2, 0) is 4.79 Å². The number of carbonyl (C=O) groups excluding carboxylic acids is 1. The molecule has 1 amide bonds. The molecule has 1 aromatic rings. The summed E-state index contributed by atoms with van der Waals surface area (Å²) in [6, 6.07) is 10.2. The molecule has 2 N–H and O–H groups in total. The van der Waals surface area contributed by atoms with E-state index in [0.29, 0.717) is 0 Å². The molecule has 0 spiro atoms. The first-order valence-corrected chi connectivity index (χ1v) is 7.35. The third-order valence-electron chi connectivity index (χ3n) is 3.91. The van der Waals surface area contributed by atoms with Crippen LogP contribution in [0.25, 0.3) is 0 Å². The van der Waals surface area contributed by atoms with Crippen LogP contribution in [0.1, 0.15) is 50.6 Å². The summed E-state index contributed by atoms with van der Waals surface area (Å²) >= 11 is 0. The van der Waals surface area contributed by atoms with Gasteiger partial charge in [0, 0.05) is 6.54 Å². The fourth-order valence-electron chi connectivity index (χ4n) is 2.81. The summed E-state index contributed by atoms with van der Waals surface area (Å²) in [6.07, 6.45) is 5.04. The van der Waals surface area contributed by atoms with Crippen LogP contribution in [-0.4, -0.2) is 23.4 Å². The van der Waals surface area contributed by atoms with Gasteiger partial charge in [-0.05, 0) is 24.8 Å². The lowest BCUT2D eigenvalue weighted by atomic mass is 10.0. The van der Waals surface area contributed by atoms with Crippen LogP contribution in [0, 0.1) is 0 Å². The van der Waals surface area contributed by atoms with Crippen molar-refractivity contribution in [1.82, 2.24) is 4.90 Å². The molecule has 1 saturated heterocycles. The van der Waals surface area contributed by atoms with Gasteiger partial charge >= 0.3 is 0 Å². The second kappa shape index (κ2) is 6.71. The molecule has 19 heavy (non-hydrogen) atoms. The fourth-order valence-corrected chi connectivity index (χ4v) is 2.81. The second-order valence-electron chi connectivity index (χ2n) is 5.35. The molecule has 2 rings (SSSR count). The molecule has 1 fully saturated rings. The van der Waals surface area contributed by atoms with Crippen LogP contribution in [0.15, 0.2) is 30.3 Å². The van der Waals surface area contributed by atoms with Gasteiger partial charge in [0.2, 0.25) is 5.91 Å². The monoisotopic (exact) mass is 260 g/mol. The Morgan fingerprint density at radius 2 is 2.16 bits per heavy atom. The summed E-state index contributed by atoms with van der Waals surface area (Å²) in [7, 11) is 0. The second-order valence-corrected chi connectivity index (χ2v) is 5.35. The summed E-state index contributed by atoms with van der Waals surface area (Å²) in [5.74, 6) is 0.125. The Balaban J connectivity index is 2.04. The molecule has 2 unspecified atom stereocenters. The fraction of sp³-hybridized carbons (Fsp3) is 0.562. The van der Waals surface area contributed by atoms with Gasteiger partial charge in [-0.25, -0.2) is 0 Å². The number of amides is 1. The number of unbranched alkanes of at least 4 members (excludes halogenated alkanes) is 1. The summed E-state index contributed by atoms with van der Waals surface area (Å²) in [6.45, 7) is 2.97. The summed E-state index contributed by atoms with van der Waals surface area (Å²) < 4.78 is 0. The van der Waals surface area contributed by atoms with E-state index in [0.717, 1.165) is 38.6 Å². The molecule has 1 aromatic carbocycles. The molecule has 0 aliphatic carbocycles. The van der Waals surface area contributed by atoms with Crippen molar-refractivity contribution in [3.8, 4) is 0 Å². The molecule has 0 bridgehead atoms. The van der Waals surface area contributed by atoms with E-state index in [9.17, 15) is 4.79 Å². The van der Waals surface area contributed by atoms with Gasteiger partial charge in [-0.15, -0.1) is 0 Å². The Morgan fingerprint density at radius 3 is 2.84 bits per heavy atom. The van der Waals surface area contributed by atoms with E-state index in [-0.39, 0.29) is 18.0 Å². The van der Waals surface area contributed by atoms with Gasteiger partial charge < -0.3 is 10.6 Å². The molecule has 1 aliphatic rings. The zero-order valence-corrected chi connectivity index (χ0v) is 11.7. The van der Waals surface area contributed by atoms with Crippen LogP contribution < -0.4 is 5.73 Å². The topological polar surface area (TPSA) is 46.3 Å². The minimum absolute atomic E-state index is 0.125. The first-order chi connectivity index (χ1) is 9.24. The number of carbonyl (C=O) groups is 1. The number of benzene rings is 1. The van der Waals surface area contributed by atoms with Gasteiger partial charge in [0.25, 0.3) is 0 Å². The van der Waals surface area contributed by atoms with E-state index in [4.69, 9.17) is 5.73 Å². The maximum atomic E-state index is 12.4. The highest BCUT2D eigenvalue weighted by Gasteiger charge is 2.32. The lowest BCUT2D eigenvalue weighted by molar-refractivity contribution is -0.133. The van der Waals surface area contributed by atoms with Crippen LogP contribution in [0.5, 0.6) is 0 Å². The molecule has 0 radical (unpaired) electrons. The van der Waals surface area contributed by atoms with Crippen molar-refractivity contribution in [2.45, 2.75) is 51.1 Å². The molecule has 2 atom stereocenters. The van der Waals surface area contributed by atoms with Gasteiger partial charge in [-0.2, -0.15) is 0 Å². The molecule has 0 aromatic heterocycles. The van der Waals surface area contributed by atoms with Gasteiger partial charge in [-0.3, -0.25) is 4.79 Å². The number of likely N-dealkylation sites (tertiary alicyclic amines) is 1. The molecule has 3 heteroatoms. The van der Waals surface area contributed by atoms with E-state index in [1.165, 1.54) is 5.56 Å². The zero-order valence-electron chi connectivity index (χ0n) is 11.7. The van der Waals surface area contributed by atoms with Crippen LogP contribution in [0.2, 0.25) is 0 Å². The Bertz CT molecular complexity index is 404. The maximum Gasteiger partial charge on any atom is 0.239 e. The summed E-state index contributed by atoms with van der Waals surface area (Å²) in [5, 5.41) is 0. The van der Waals surface area contributed by atoms with Crippen molar-refractivity contribution < 1.29 is 4.79 Å². The van der Waals surface area contributed by atoms with Crippen molar-refractivity contribution in [2.24, 2.45) is 5.73 Å². The van der Waals surface area contributed by atoms with Crippen LogP contribution in [0.3, 0.4) is 0 Å². The highest BCUT2D eigenvalue weighted by Crippen LogP contribution is 2.32. The average molecular weight is 260 g/mol. The molecule has 1 heterocycles. The minimum Gasteiger partial charge on any atom is -0.334 e. The Hall–Kier alpha value is -1.35. The number of hydrogen-bond donors (Lipinski definition) is 1. The van der Waals surface area contributed by atoms with E-state index in [2.05, 4.69) is 19.1 Å². The zero-order chi connectivity index (χ0) is 13.7. The molecule has 104 valence electrons. The quantitative estimate of drug-likeness (QED) is 0.885. The lowest BCUT2D eigenvalue weighted by Crippen LogP contribution is -2.43. The van der Waals surface area contributed by atoms with Crippen LogP contribution in [0.4, 0.5) is 0 Å². The van der Waals surface area contributed by atoms with E-state index >= 15 is 0 Å². The van der Waals surface area contributed by atoms with Gasteiger partial charge in [0.15, 0.2) is 0 Å². The highest BCUT2D eigenvalue weighted by atomic mass is 16.2.